The molecule has 4 N–H and O–H groups in total. The molecule has 1 aliphatic heterocycles. The topological polar surface area (TPSA) is 138 Å². The van der Waals surface area contributed by atoms with Crippen molar-refractivity contribution in [2.75, 3.05) is 10.6 Å². The average Bonchev–Trinajstić information content (AvgIpc) is 3.15. The summed E-state index contributed by atoms with van der Waals surface area (Å²) >= 11 is 19.7. The van der Waals surface area contributed by atoms with Gasteiger partial charge in [-0.1, -0.05) is 53.0 Å². The quantitative estimate of drug-likeness (QED) is 0.111. The molecule has 0 spiro atoms. The molecule has 1 aliphatic carbocycles. The summed E-state index contributed by atoms with van der Waals surface area (Å²) < 4.78 is 6.70. The lowest BCUT2D eigenvalue weighted by molar-refractivity contribution is 0.0697. The number of halogens is 3. The summed E-state index contributed by atoms with van der Waals surface area (Å²) in [7, 11) is 0. The number of phenolic OH excluding ortho intramolecular Hbond substituents is 1. The average molecular weight is 776 g/mol. The van der Waals surface area contributed by atoms with Gasteiger partial charge in [0.05, 0.1) is 54.2 Å². The predicted octanol–water partition coefficient (Wildman–Crippen LogP) is 10.9. The van der Waals surface area contributed by atoms with Crippen LogP contribution in [0.4, 0.5) is 11.4 Å². The fourth-order valence-corrected chi connectivity index (χ4v) is 7.52. The second kappa shape index (κ2) is 13.8. The van der Waals surface area contributed by atoms with E-state index in [1.807, 2.05) is 44.2 Å². The number of carbonyl (C=O) groups is 1. The highest BCUT2D eigenvalue weighted by atomic mass is 35.5. The number of aromatic hydroxyl groups is 1. The molecule has 4 aromatic carbocycles. The second-order valence-corrected chi connectivity index (χ2v) is 14.1. The molecule has 0 bridgehead atoms. The Bertz CT molecular complexity index is 2880. The summed E-state index contributed by atoms with van der Waals surface area (Å²) in [6, 6.07) is 25.9. The maximum atomic E-state index is 13.9. The summed E-state index contributed by atoms with van der Waals surface area (Å²) in [4.78, 5) is 35.9. The Morgan fingerprint density at radius 2 is 1.28 bits per heavy atom. The van der Waals surface area contributed by atoms with Crippen molar-refractivity contribution >= 4 is 84.9 Å². The number of phenols is 1. The van der Waals surface area contributed by atoms with Crippen LogP contribution >= 0.6 is 34.8 Å². The first-order valence-electron chi connectivity index (χ1n) is 16.8. The van der Waals surface area contributed by atoms with Gasteiger partial charge in [-0.15, -0.1) is 0 Å². The minimum absolute atomic E-state index is 0.0317. The van der Waals surface area contributed by atoms with Crippen molar-refractivity contribution in [3.63, 3.8) is 0 Å². The zero-order valence-electron chi connectivity index (χ0n) is 28.7. The summed E-state index contributed by atoms with van der Waals surface area (Å²) in [6.45, 7) is 3.79. The third-order valence-electron chi connectivity index (χ3n) is 9.48. The standard InChI is InChI=1S/C42H29Cl3N4O5/c1-20-7-9-24-30(43)12-14-33(37(24)48-20)46-18-28-35(50)16-11-26-36(22-5-3-4-6-23(22)42(52)53)27-17-32(45)39(51)29(41(27)54-40(26)28)19-47-34-15-13-31(44)25-10-8-21(2)49-38(25)34/h3-17,46-47,50H,18-19H2,1-2H3,(H,52,53). The summed E-state index contributed by atoms with van der Waals surface area (Å²) in [5, 5.41) is 31.4. The molecule has 0 radical (unpaired) electrons. The van der Waals surface area contributed by atoms with Crippen LogP contribution in [0.2, 0.25) is 15.1 Å². The SMILES string of the molecule is Cc1ccc2c(Cl)ccc(NCc3c4oc5c(CNc6ccc(Cl)c7ccc(C)nc67)c(O)ccc5c(-c5ccccc5C(=O)O)c-4cc(Cl)c3=O)c2n1. The molecule has 0 saturated carbocycles. The molecule has 0 amide bonds. The van der Waals surface area contributed by atoms with Gasteiger partial charge in [0, 0.05) is 51.8 Å². The normalized spacial score (nSPS) is 11.5. The van der Waals surface area contributed by atoms with E-state index in [-0.39, 0.29) is 46.3 Å². The number of anilines is 2. The number of aromatic nitrogens is 2. The van der Waals surface area contributed by atoms with Gasteiger partial charge in [-0.25, -0.2) is 4.79 Å². The van der Waals surface area contributed by atoms with Crippen molar-refractivity contribution < 1.29 is 19.4 Å². The maximum absolute atomic E-state index is 13.9. The lowest BCUT2D eigenvalue weighted by Gasteiger charge is -2.21. The molecule has 12 heteroatoms. The van der Waals surface area contributed by atoms with Crippen LogP contribution in [-0.2, 0) is 13.1 Å². The van der Waals surface area contributed by atoms with Gasteiger partial charge in [0.2, 0.25) is 5.43 Å². The third-order valence-corrected chi connectivity index (χ3v) is 10.4. The van der Waals surface area contributed by atoms with E-state index in [4.69, 9.17) is 49.2 Å². The number of aromatic carboxylic acids is 1. The smallest absolute Gasteiger partial charge is 0.336 e. The number of nitrogens with one attached hydrogen (secondary N) is 2. The maximum Gasteiger partial charge on any atom is 0.336 e. The fraction of sp³-hybridized carbons (Fsp3) is 0.0952. The predicted molar refractivity (Wildman–Crippen MR) is 216 cm³/mol. The minimum atomic E-state index is -1.14. The van der Waals surface area contributed by atoms with E-state index in [2.05, 4.69) is 10.6 Å². The van der Waals surface area contributed by atoms with Crippen molar-refractivity contribution in [2.45, 2.75) is 26.9 Å². The minimum Gasteiger partial charge on any atom is -0.507 e. The fourth-order valence-electron chi connectivity index (χ4n) is 6.87. The van der Waals surface area contributed by atoms with Crippen molar-refractivity contribution in [1.29, 1.82) is 0 Å². The number of aryl methyl sites for hydroxylation is 2. The van der Waals surface area contributed by atoms with E-state index >= 15 is 0 Å². The Balaban J connectivity index is 1.35. The van der Waals surface area contributed by atoms with Gasteiger partial charge >= 0.3 is 5.97 Å². The largest absolute Gasteiger partial charge is 0.507 e. The molecule has 0 unspecified atom stereocenters. The molecule has 0 saturated heterocycles. The molecule has 2 aromatic heterocycles. The monoisotopic (exact) mass is 774 g/mol. The highest BCUT2D eigenvalue weighted by molar-refractivity contribution is 6.36. The molecule has 0 atom stereocenters. The van der Waals surface area contributed by atoms with E-state index < -0.39 is 11.4 Å². The van der Waals surface area contributed by atoms with Gasteiger partial charge in [0.1, 0.15) is 17.1 Å². The van der Waals surface area contributed by atoms with Crippen LogP contribution in [0.3, 0.4) is 0 Å². The Kier molecular flexibility index (Phi) is 9.01. The lowest BCUT2D eigenvalue weighted by atomic mass is 9.88. The number of carboxylic acid groups (broad SMARTS) is 1. The molecule has 2 aliphatic rings. The first-order chi connectivity index (χ1) is 26.0. The van der Waals surface area contributed by atoms with Crippen LogP contribution in [-0.4, -0.2) is 26.2 Å². The van der Waals surface area contributed by atoms with E-state index in [0.29, 0.717) is 60.1 Å². The highest BCUT2D eigenvalue weighted by Crippen LogP contribution is 2.46. The number of fused-ring (bicyclic) bond motifs is 4. The molecule has 9 nitrogen and oxygen atoms in total. The van der Waals surface area contributed by atoms with Crippen LogP contribution in [0, 0.1) is 13.8 Å². The zero-order chi connectivity index (χ0) is 37.8. The molecule has 3 heterocycles. The molecule has 54 heavy (non-hydrogen) atoms. The summed E-state index contributed by atoms with van der Waals surface area (Å²) in [5.41, 5.74) is 5.77. The van der Waals surface area contributed by atoms with Crippen LogP contribution in [0.25, 0.3) is 55.2 Å². The van der Waals surface area contributed by atoms with Gasteiger partial charge in [-0.2, -0.15) is 0 Å². The van der Waals surface area contributed by atoms with E-state index in [1.54, 1.807) is 42.5 Å². The Labute approximate surface area is 323 Å². The number of rotatable bonds is 8. The summed E-state index contributed by atoms with van der Waals surface area (Å²) in [5.74, 6) is -1.05. The van der Waals surface area contributed by atoms with Crippen molar-refractivity contribution in [3.8, 4) is 28.2 Å². The van der Waals surface area contributed by atoms with Gasteiger partial charge in [-0.3, -0.25) is 14.8 Å². The van der Waals surface area contributed by atoms with Crippen LogP contribution in [0.1, 0.15) is 32.9 Å². The number of benzene rings is 5. The Morgan fingerprint density at radius 3 is 1.89 bits per heavy atom. The van der Waals surface area contributed by atoms with Crippen molar-refractivity contribution in [2.24, 2.45) is 0 Å². The van der Waals surface area contributed by atoms with E-state index in [9.17, 15) is 19.8 Å². The van der Waals surface area contributed by atoms with E-state index in [1.165, 1.54) is 18.2 Å². The molecular formula is C42H29Cl3N4O5. The Morgan fingerprint density at radius 1 is 0.704 bits per heavy atom. The zero-order valence-corrected chi connectivity index (χ0v) is 31.0. The van der Waals surface area contributed by atoms with Crippen LogP contribution < -0.4 is 16.1 Å². The molecule has 0 fully saturated rings. The van der Waals surface area contributed by atoms with Crippen LogP contribution in [0.15, 0.2) is 100 Å². The molecular weight excluding hydrogens is 747 g/mol. The number of pyridine rings is 2. The van der Waals surface area contributed by atoms with Crippen molar-refractivity contribution in [3.05, 3.63) is 144 Å². The Hall–Kier alpha value is -5.87. The van der Waals surface area contributed by atoms with Crippen molar-refractivity contribution in [1.82, 2.24) is 9.97 Å². The second-order valence-electron chi connectivity index (χ2n) is 12.9. The number of nitrogens with zero attached hydrogens (tertiary/aromatic N) is 2. The molecule has 6 aromatic rings. The van der Waals surface area contributed by atoms with Gasteiger partial charge in [0.25, 0.3) is 0 Å². The first-order valence-corrected chi connectivity index (χ1v) is 18.0. The van der Waals surface area contributed by atoms with Gasteiger partial charge < -0.3 is 25.3 Å². The lowest BCUT2D eigenvalue weighted by Crippen LogP contribution is -2.17. The van der Waals surface area contributed by atoms with Crippen LogP contribution in [0.5, 0.6) is 5.75 Å². The van der Waals surface area contributed by atoms with Gasteiger partial charge in [-0.05, 0) is 92.2 Å². The number of hydrogen-bond donors (Lipinski definition) is 4. The van der Waals surface area contributed by atoms with Gasteiger partial charge in [0.15, 0.2) is 0 Å². The molecule has 268 valence electrons. The first kappa shape index (κ1) is 35.2. The highest BCUT2D eigenvalue weighted by Gasteiger charge is 2.28. The van der Waals surface area contributed by atoms with E-state index in [0.717, 1.165) is 22.2 Å². The summed E-state index contributed by atoms with van der Waals surface area (Å²) in [6.07, 6.45) is 0. The molecule has 8 rings (SSSR count). The third kappa shape index (κ3) is 6.10. The number of carboxylic acids is 1. The number of hydrogen-bond acceptors (Lipinski definition) is 8.